The van der Waals surface area contributed by atoms with Crippen molar-refractivity contribution in [2.45, 2.75) is 19.8 Å². The van der Waals surface area contributed by atoms with Gasteiger partial charge in [0.15, 0.2) is 5.82 Å². The topological polar surface area (TPSA) is 29.0 Å². The smallest absolute Gasteiger partial charge is 0.160 e. The summed E-state index contributed by atoms with van der Waals surface area (Å²) in [5.74, 6) is 0.948. The van der Waals surface area contributed by atoms with Gasteiger partial charge in [0.1, 0.15) is 0 Å². The minimum atomic E-state index is 0.230. The van der Waals surface area contributed by atoms with Crippen molar-refractivity contribution in [2.24, 2.45) is 0 Å². The van der Waals surface area contributed by atoms with Gasteiger partial charge < -0.3 is 4.90 Å². The molecule has 2 heterocycles. The fourth-order valence-electron chi connectivity index (χ4n) is 5.90. The predicted molar refractivity (Wildman–Crippen MR) is 182 cm³/mol. The van der Waals surface area contributed by atoms with Crippen LogP contribution in [0, 0.1) is 6.92 Å². The summed E-state index contributed by atoms with van der Waals surface area (Å²) >= 11 is 4.03. The van der Waals surface area contributed by atoms with E-state index in [4.69, 9.17) is 9.97 Å². The Hall–Kier alpha value is -4.80. The van der Waals surface area contributed by atoms with Crippen molar-refractivity contribution in [1.29, 1.82) is 0 Å². The van der Waals surface area contributed by atoms with Crippen LogP contribution in [0.1, 0.15) is 29.5 Å². The van der Waals surface area contributed by atoms with Crippen LogP contribution in [0.2, 0.25) is 0 Å². The Morgan fingerprint density at radius 1 is 0.628 bits per heavy atom. The normalized spacial score (nSPS) is 15.3. The molecule has 0 saturated carbocycles. The van der Waals surface area contributed by atoms with Crippen LogP contribution in [-0.2, 0) is 0 Å². The molecule has 1 aliphatic rings. The lowest BCUT2D eigenvalue weighted by atomic mass is 9.98. The maximum absolute atomic E-state index is 5.03. The van der Waals surface area contributed by atoms with Crippen molar-refractivity contribution in [2.75, 3.05) is 4.90 Å². The number of rotatable bonds is 5. The zero-order valence-corrected chi connectivity index (χ0v) is 25.7. The highest BCUT2D eigenvalue weighted by atomic mass is 79.9. The third-order valence-corrected chi connectivity index (χ3v) is 8.98. The second-order valence-corrected chi connectivity index (χ2v) is 11.7. The van der Waals surface area contributed by atoms with Gasteiger partial charge in [0.25, 0.3) is 0 Å². The second kappa shape index (κ2) is 11.5. The molecule has 0 fully saturated rings. The molecule has 0 N–H and O–H groups in total. The van der Waals surface area contributed by atoms with Crippen LogP contribution >= 0.6 is 15.9 Å². The number of benzene rings is 5. The average Bonchev–Trinajstić information content (AvgIpc) is 3.37. The van der Waals surface area contributed by atoms with Gasteiger partial charge in [-0.2, -0.15) is 0 Å². The summed E-state index contributed by atoms with van der Waals surface area (Å²) in [5.41, 5.74) is 12.2. The van der Waals surface area contributed by atoms with E-state index in [9.17, 15) is 0 Å². The van der Waals surface area contributed by atoms with Crippen molar-refractivity contribution in [3.8, 4) is 33.9 Å². The molecule has 5 aromatic carbocycles. The molecule has 7 rings (SSSR count). The summed E-state index contributed by atoms with van der Waals surface area (Å²) in [7, 11) is 0. The lowest BCUT2D eigenvalue weighted by Crippen LogP contribution is -2.14. The molecule has 6 aromatic rings. The molecular weight excluding hydrogens is 590 g/mol. The fraction of sp³-hybridized carbons (Fsp3) is 0.0769. The summed E-state index contributed by atoms with van der Waals surface area (Å²) in [6, 6.07) is 48.6. The number of hydrogen-bond donors (Lipinski definition) is 0. The summed E-state index contributed by atoms with van der Waals surface area (Å²) in [5, 5.41) is 0. The molecule has 0 bridgehead atoms. The number of aromatic nitrogens is 2. The van der Waals surface area contributed by atoms with Gasteiger partial charge in [-0.3, -0.25) is 0 Å². The zero-order chi connectivity index (χ0) is 29.3. The summed E-state index contributed by atoms with van der Waals surface area (Å²) in [6.45, 7) is 4.46. The number of halogens is 1. The molecule has 3 nitrogen and oxygen atoms in total. The molecule has 0 amide bonds. The van der Waals surface area contributed by atoms with E-state index in [0.717, 1.165) is 44.1 Å². The van der Waals surface area contributed by atoms with Gasteiger partial charge in [-0.1, -0.05) is 122 Å². The fourth-order valence-corrected chi connectivity index (χ4v) is 6.87. The van der Waals surface area contributed by atoms with Gasteiger partial charge in [0.05, 0.1) is 11.4 Å². The van der Waals surface area contributed by atoms with E-state index >= 15 is 0 Å². The number of hydrogen-bond acceptors (Lipinski definition) is 3. The molecule has 0 aliphatic carbocycles. The Morgan fingerprint density at radius 3 is 1.86 bits per heavy atom. The number of allylic oxidation sites excluding steroid dienone is 1. The van der Waals surface area contributed by atoms with Crippen molar-refractivity contribution in [3.05, 3.63) is 162 Å². The standard InChI is InChI=1S/C39H30BrN3/c1-26-13-9-10-18-32(26)37(40)38-27(2)33-19-11-12-20-36(33)43(38)31-23-21-29(22-24-31)35-25-34(28-14-5-3-6-15-28)41-39(42-35)30-16-7-4-8-17-30/h3-25,27H,1-2H3/b38-37-. The van der Waals surface area contributed by atoms with Crippen molar-refractivity contribution in [3.63, 3.8) is 0 Å². The SMILES string of the molecule is Cc1ccccc1/C(Br)=C1\C(C)c2ccccc2N1c1ccc(-c2cc(-c3ccccc3)nc(-c3ccccc3)n2)cc1. The van der Waals surface area contributed by atoms with Crippen LogP contribution in [0.5, 0.6) is 0 Å². The average molecular weight is 621 g/mol. The van der Waals surface area contributed by atoms with Crippen LogP contribution in [0.25, 0.3) is 38.4 Å². The molecular formula is C39H30BrN3. The molecule has 0 saturated heterocycles. The largest absolute Gasteiger partial charge is 0.312 e. The summed E-state index contributed by atoms with van der Waals surface area (Å²) in [6.07, 6.45) is 0. The number of fused-ring (bicyclic) bond motifs is 1. The molecule has 1 atom stereocenters. The molecule has 1 aliphatic heterocycles. The van der Waals surface area contributed by atoms with Crippen LogP contribution in [0.15, 0.2) is 145 Å². The second-order valence-electron chi connectivity index (χ2n) is 10.9. The molecule has 0 radical (unpaired) electrons. The van der Waals surface area contributed by atoms with Gasteiger partial charge in [-0.25, -0.2) is 9.97 Å². The first kappa shape index (κ1) is 27.1. The molecule has 208 valence electrons. The van der Waals surface area contributed by atoms with Crippen molar-refractivity contribution < 1.29 is 0 Å². The van der Waals surface area contributed by atoms with Crippen molar-refractivity contribution >= 4 is 31.8 Å². The van der Waals surface area contributed by atoms with E-state index in [1.54, 1.807) is 0 Å². The highest BCUT2D eigenvalue weighted by molar-refractivity contribution is 9.15. The monoisotopic (exact) mass is 619 g/mol. The molecule has 43 heavy (non-hydrogen) atoms. The minimum absolute atomic E-state index is 0.230. The lowest BCUT2D eigenvalue weighted by Gasteiger charge is -2.25. The van der Waals surface area contributed by atoms with E-state index < -0.39 is 0 Å². The van der Waals surface area contributed by atoms with Crippen LogP contribution in [0.3, 0.4) is 0 Å². The van der Waals surface area contributed by atoms with E-state index in [0.29, 0.717) is 0 Å². The van der Waals surface area contributed by atoms with Crippen LogP contribution in [0.4, 0.5) is 11.4 Å². The minimum Gasteiger partial charge on any atom is -0.312 e. The highest BCUT2D eigenvalue weighted by Gasteiger charge is 2.34. The summed E-state index contributed by atoms with van der Waals surface area (Å²) in [4.78, 5) is 12.4. The Kier molecular flexibility index (Phi) is 7.22. The Bertz CT molecular complexity index is 1890. The highest BCUT2D eigenvalue weighted by Crippen LogP contribution is 2.51. The van der Waals surface area contributed by atoms with E-state index in [-0.39, 0.29) is 5.92 Å². The maximum Gasteiger partial charge on any atom is 0.160 e. The molecule has 1 aromatic heterocycles. The lowest BCUT2D eigenvalue weighted by molar-refractivity contribution is 0.928. The predicted octanol–water partition coefficient (Wildman–Crippen LogP) is 10.8. The third-order valence-electron chi connectivity index (χ3n) is 8.15. The van der Waals surface area contributed by atoms with Crippen LogP contribution in [-0.4, -0.2) is 9.97 Å². The molecule has 0 spiro atoms. The van der Waals surface area contributed by atoms with Gasteiger partial charge >= 0.3 is 0 Å². The van der Waals surface area contributed by atoms with Crippen molar-refractivity contribution in [1.82, 2.24) is 9.97 Å². The first-order valence-electron chi connectivity index (χ1n) is 14.5. The van der Waals surface area contributed by atoms with Gasteiger partial charge in [-0.05, 0) is 63.8 Å². The molecule has 4 heteroatoms. The van der Waals surface area contributed by atoms with E-state index in [1.807, 2.05) is 36.4 Å². The Morgan fingerprint density at radius 2 is 1.19 bits per heavy atom. The van der Waals surface area contributed by atoms with Gasteiger partial charge in [0, 0.05) is 44.2 Å². The maximum atomic E-state index is 5.03. The first-order valence-corrected chi connectivity index (χ1v) is 15.3. The summed E-state index contributed by atoms with van der Waals surface area (Å²) < 4.78 is 1.12. The number of para-hydroxylation sites is 1. The van der Waals surface area contributed by atoms with E-state index in [1.165, 1.54) is 28.1 Å². The number of nitrogens with zero attached hydrogens (tertiary/aromatic N) is 3. The quantitative estimate of drug-likeness (QED) is 0.192. The Labute approximate surface area is 261 Å². The Balaban J connectivity index is 1.34. The number of anilines is 2. The first-order chi connectivity index (χ1) is 21.1. The van der Waals surface area contributed by atoms with Crippen LogP contribution < -0.4 is 4.90 Å². The zero-order valence-electron chi connectivity index (χ0n) is 24.1. The number of aryl methyl sites for hydroxylation is 1. The van der Waals surface area contributed by atoms with E-state index in [2.05, 4.69) is 138 Å². The third kappa shape index (κ3) is 5.09. The van der Waals surface area contributed by atoms with Gasteiger partial charge in [-0.15, -0.1) is 0 Å². The molecule has 1 unspecified atom stereocenters. The van der Waals surface area contributed by atoms with Gasteiger partial charge in [0.2, 0.25) is 0 Å².